The quantitative estimate of drug-likeness (QED) is 0.384. The van der Waals surface area contributed by atoms with Crippen LogP contribution < -0.4 is 5.01 Å². The van der Waals surface area contributed by atoms with Crippen LogP contribution in [0.1, 0.15) is 30.0 Å². The summed E-state index contributed by atoms with van der Waals surface area (Å²) >= 11 is 6.16. The van der Waals surface area contributed by atoms with Crippen molar-refractivity contribution in [3.63, 3.8) is 0 Å². The third-order valence-electron chi connectivity index (χ3n) is 6.72. The first-order chi connectivity index (χ1) is 18.8. The zero-order valence-electron chi connectivity index (χ0n) is 20.4. The molecule has 0 aromatic heterocycles. The Kier molecular flexibility index (Phi) is 7.95. The largest absolute Gasteiger partial charge is 0.511 e. The van der Waals surface area contributed by atoms with E-state index in [9.17, 15) is 53.0 Å². The molecule has 0 radical (unpaired) electrons. The van der Waals surface area contributed by atoms with Crippen molar-refractivity contribution in [1.29, 1.82) is 0 Å². The van der Waals surface area contributed by atoms with Crippen LogP contribution in [0.3, 0.4) is 0 Å². The maximum Gasteiger partial charge on any atom is 0.511 e. The predicted octanol–water partition coefficient (Wildman–Crippen LogP) is 6.44. The van der Waals surface area contributed by atoms with Crippen molar-refractivity contribution in [2.75, 3.05) is 18.1 Å². The van der Waals surface area contributed by atoms with Gasteiger partial charge >= 0.3 is 27.9 Å². The number of rotatable bonds is 5. The molecule has 2 aromatic rings. The van der Waals surface area contributed by atoms with Crippen LogP contribution in [0.2, 0.25) is 5.02 Å². The average Bonchev–Trinajstić information content (AvgIpc) is 3.32. The summed E-state index contributed by atoms with van der Waals surface area (Å²) < 4.78 is 144. The highest BCUT2D eigenvalue weighted by Crippen LogP contribution is 2.49. The van der Waals surface area contributed by atoms with Gasteiger partial charge in [-0.3, -0.25) is 5.01 Å². The maximum absolute atomic E-state index is 13.6. The van der Waals surface area contributed by atoms with Crippen molar-refractivity contribution in [2.24, 2.45) is 5.10 Å². The highest BCUT2D eigenvalue weighted by Gasteiger charge is 2.74. The van der Waals surface area contributed by atoms with Gasteiger partial charge in [0.1, 0.15) is 0 Å². The molecule has 6 nitrogen and oxygen atoms in total. The number of hydrogen-bond donors (Lipinski definition) is 1. The molecule has 0 fully saturated rings. The van der Waals surface area contributed by atoms with E-state index in [0.29, 0.717) is 11.1 Å². The molecule has 2 aromatic carbocycles. The summed E-state index contributed by atoms with van der Waals surface area (Å²) in [4.78, 5) is 0. The van der Waals surface area contributed by atoms with Crippen molar-refractivity contribution in [3.8, 4) is 0 Å². The van der Waals surface area contributed by atoms with E-state index >= 15 is 0 Å². The van der Waals surface area contributed by atoms with E-state index in [1.165, 1.54) is 54.6 Å². The second-order valence-corrected chi connectivity index (χ2v) is 11.5. The second-order valence-electron chi connectivity index (χ2n) is 9.18. The first-order valence-electron chi connectivity index (χ1n) is 11.6. The summed E-state index contributed by atoms with van der Waals surface area (Å²) in [6.45, 7) is -1.00. The molecule has 0 saturated heterocycles. The summed E-state index contributed by atoms with van der Waals surface area (Å²) in [6, 6.07) is 9.97. The molecule has 1 atom stereocenters. The Balaban J connectivity index is 1.67. The molecule has 2 heterocycles. The van der Waals surface area contributed by atoms with E-state index < -0.39 is 64.7 Å². The molecular weight excluding hydrogens is 617 g/mol. The fourth-order valence-corrected chi connectivity index (χ4v) is 5.65. The monoisotopic (exact) mass is 635 g/mol. The molecule has 0 spiro atoms. The molecule has 41 heavy (non-hydrogen) atoms. The Morgan fingerprint density at radius 2 is 1.49 bits per heavy atom. The lowest BCUT2D eigenvalue weighted by Crippen LogP contribution is -2.62. The topological polar surface area (TPSA) is 73.2 Å². The van der Waals surface area contributed by atoms with Crippen molar-refractivity contribution in [3.05, 3.63) is 70.8 Å². The zero-order valence-corrected chi connectivity index (χ0v) is 22.0. The van der Waals surface area contributed by atoms with Crippen LogP contribution in [0.4, 0.5) is 45.2 Å². The Morgan fingerprint density at radius 1 is 0.902 bits per heavy atom. The van der Waals surface area contributed by atoms with E-state index in [-0.39, 0.29) is 27.0 Å². The van der Waals surface area contributed by atoms with Gasteiger partial charge in [-0.1, -0.05) is 54.1 Å². The first-order valence-corrected chi connectivity index (χ1v) is 13.4. The van der Waals surface area contributed by atoms with E-state index in [1.54, 1.807) is 0 Å². The van der Waals surface area contributed by atoms with Crippen LogP contribution in [0.5, 0.6) is 0 Å². The number of hydrogen-bond acceptors (Lipinski definition) is 5. The molecular formula is C24H19ClF9N3O3S. The lowest BCUT2D eigenvalue weighted by molar-refractivity contribution is -0.338. The van der Waals surface area contributed by atoms with Crippen LogP contribution in [-0.4, -0.2) is 60.1 Å². The molecule has 2 aliphatic heterocycles. The smallest absolute Gasteiger partial charge is 0.369 e. The number of alkyl halides is 9. The SMILES string of the molecule is O=S(=O)(N1CC=C(c2ccc(C3CC(C(O)(C(F)(F)F)C(F)(F)F)=NN3c3ccccc3Cl)cc2)CC1)C(F)(F)F. The molecule has 4 rings (SSSR count). The number of para-hydroxylation sites is 1. The highest BCUT2D eigenvalue weighted by atomic mass is 35.5. The molecule has 0 amide bonds. The van der Waals surface area contributed by atoms with E-state index in [4.69, 9.17) is 11.6 Å². The number of benzene rings is 2. The standard InChI is InChI=1S/C24H19ClF9N3O3S/c25-17-3-1-2-4-18(17)37-19(13-20(35-37)21(38,22(26,27)28)23(29,30)31)16-7-5-14(6-8-16)15-9-11-36(12-10-15)41(39,40)24(32,33)34/h1-9,19,38H,10-13H2. The predicted molar refractivity (Wildman–Crippen MR) is 131 cm³/mol. The third kappa shape index (κ3) is 5.53. The van der Waals surface area contributed by atoms with Gasteiger partial charge in [0, 0.05) is 19.5 Å². The number of nitrogens with zero attached hydrogens (tertiary/aromatic N) is 3. The summed E-state index contributed by atoms with van der Waals surface area (Å²) in [5.74, 6) is 0. The lowest BCUT2D eigenvalue weighted by atomic mass is 9.89. The number of hydrazone groups is 1. The first kappa shape index (κ1) is 31.1. The van der Waals surface area contributed by atoms with Crippen molar-refractivity contribution >= 4 is 38.6 Å². The molecule has 0 bridgehead atoms. The van der Waals surface area contributed by atoms with Gasteiger partial charge in [-0.2, -0.15) is 48.9 Å². The molecule has 17 heteroatoms. The van der Waals surface area contributed by atoms with Crippen LogP contribution in [0, 0.1) is 0 Å². The van der Waals surface area contributed by atoms with Crippen LogP contribution in [0.15, 0.2) is 59.7 Å². The molecule has 224 valence electrons. The Hall–Kier alpha value is -2.82. The van der Waals surface area contributed by atoms with Crippen molar-refractivity contribution in [1.82, 2.24) is 4.31 Å². The summed E-state index contributed by atoms with van der Waals surface area (Å²) in [5.41, 5.74) is -11.2. The van der Waals surface area contributed by atoms with Gasteiger partial charge in [-0.05, 0) is 35.3 Å². The molecule has 1 N–H and O–H groups in total. The fourth-order valence-electron chi connectivity index (χ4n) is 4.53. The average molecular weight is 636 g/mol. The maximum atomic E-state index is 13.6. The minimum Gasteiger partial charge on any atom is -0.369 e. The summed E-state index contributed by atoms with van der Waals surface area (Å²) in [5, 5.41) is 14.3. The highest BCUT2D eigenvalue weighted by molar-refractivity contribution is 7.90. The molecule has 1 unspecified atom stereocenters. The van der Waals surface area contributed by atoms with Crippen molar-refractivity contribution in [2.45, 2.75) is 42.3 Å². The minimum absolute atomic E-state index is 0.0223. The van der Waals surface area contributed by atoms with Gasteiger partial charge in [-0.25, -0.2) is 8.42 Å². The number of halogens is 10. The van der Waals surface area contributed by atoms with Gasteiger partial charge in [0.05, 0.1) is 22.5 Å². The molecule has 0 aliphatic carbocycles. The van der Waals surface area contributed by atoms with E-state index in [2.05, 4.69) is 5.10 Å². The van der Waals surface area contributed by atoms with Crippen LogP contribution in [0.25, 0.3) is 5.57 Å². The molecule has 2 aliphatic rings. The normalized spacial score (nSPS) is 19.8. The van der Waals surface area contributed by atoms with Crippen LogP contribution >= 0.6 is 11.6 Å². The third-order valence-corrected chi connectivity index (χ3v) is 8.63. The minimum atomic E-state index is -6.14. The zero-order chi connectivity index (χ0) is 30.6. The van der Waals surface area contributed by atoms with Gasteiger partial charge < -0.3 is 5.11 Å². The van der Waals surface area contributed by atoms with Crippen molar-refractivity contribution < 1.29 is 53.0 Å². The van der Waals surface area contributed by atoms with Gasteiger partial charge in [-0.15, -0.1) is 0 Å². The van der Waals surface area contributed by atoms with Crippen LogP contribution in [-0.2, 0) is 10.0 Å². The number of aliphatic hydroxyl groups is 1. The number of sulfonamides is 1. The van der Waals surface area contributed by atoms with E-state index in [1.807, 2.05) is 0 Å². The lowest BCUT2D eigenvalue weighted by Gasteiger charge is -2.32. The van der Waals surface area contributed by atoms with Gasteiger partial charge in [0.2, 0.25) is 0 Å². The molecule has 0 saturated carbocycles. The summed E-state index contributed by atoms with van der Waals surface area (Å²) in [6.07, 6.45) is -12.1. The second kappa shape index (κ2) is 10.5. The number of anilines is 1. The Labute approximate surface area is 232 Å². The van der Waals surface area contributed by atoms with E-state index in [0.717, 1.165) is 5.01 Å². The Bertz CT molecular complexity index is 1460. The van der Waals surface area contributed by atoms with Gasteiger partial charge in [0.25, 0.3) is 5.60 Å². The Morgan fingerprint density at radius 3 is 1.98 bits per heavy atom. The van der Waals surface area contributed by atoms with Gasteiger partial charge in [0.15, 0.2) is 0 Å². The fraction of sp³-hybridized carbons (Fsp3) is 0.375. The summed E-state index contributed by atoms with van der Waals surface area (Å²) in [7, 11) is -5.52.